The average Bonchev–Trinajstić information content (AvgIpc) is 2.88. The maximum atomic E-state index is 9.14. The van der Waals surface area contributed by atoms with E-state index in [0.717, 1.165) is 18.7 Å². The number of hydrogen-bond acceptors (Lipinski definition) is 5. The Morgan fingerprint density at radius 2 is 2.18 bits per heavy atom. The van der Waals surface area contributed by atoms with E-state index in [1.165, 1.54) is 11.1 Å². The molecular weight excluding hydrogens is 278 g/mol. The molecule has 1 aromatic rings. The average molecular weight is 303 g/mol. The molecule has 2 rings (SSSR count). The Morgan fingerprint density at radius 1 is 1.36 bits per heavy atom. The normalized spacial score (nSPS) is 16.4. The van der Waals surface area contributed by atoms with E-state index < -0.39 is 0 Å². The molecule has 0 amide bonds. The van der Waals surface area contributed by atoms with Crippen molar-refractivity contribution in [3.8, 4) is 0 Å². The van der Waals surface area contributed by atoms with E-state index in [1.54, 1.807) is 4.80 Å². The fourth-order valence-electron chi connectivity index (χ4n) is 2.35. The minimum atomic E-state index is 0.0298. The lowest BCUT2D eigenvalue weighted by atomic mass is 10.1. The van der Waals surface area contributed by atoms with Crippen molar-refractivity contribution < 1.29 is 5.11 Å². The lowest BCUT2D eigenvalue weighted by molar-refractivity contribution is 0.111. The van der Waals surface area contributed by atoms with Gasteiger partial charge in [-0.05, 0) is 37.6 Å². The molecule has 120 valence electrons. The minimum Gasteiger partial charge on any atom is -0.381 e. The second kappa shape index (κ2) is 8.00. The Hall–Kier alpha value is -1.79. The molecule has 0 spiro atoms. The molecule has 6 heteroatoms. The van der Waals surface area contributed by atoms with Gasteiger partial charge in [0.1, 0.15) is 0 Å². The van der Waals surface area contributed by atoms with Crippen LogP contribution in [0.25, 0.3) is 0 Å². The van der Waals surface area contributed by atoms with Gasteiger partial charge < -0.3 is 5.11 Å². The first-order valence-electron chi connectivity index (χ1n) is 7.74. The Bertz CT molecular complexity index is 573. The molecule has 1 aliphatic rings. The van der Waals surface area contributed by atoms with Gasteiger partial charge in [-0.25, -0.2) is 0 Å². The number of tetrazole rings is 1. The second-order valence-corrected chi connectivity index (χ2v) is 5.74. The summed E-state index contributed by atoms with van der Waals surface area (Å²) < 4.78 is 0. The number of hydrogen-bond donors (Lipinski definition) is 1. The van der Waals surface area contributed by atoms with Crippen molar-refractivity contribution >= 4 is 0 Å². The molecular formula is C16H25N5O. The van der Waals surface area contributed by atoms with Crippen LogP contribution < -0.4 is 0 Å². The Kier molecular flexibility index (Phi) is 6.03. The highest BCUT2D eigenvalue weighted by Crippen LogP contribution is 2.14. The van der Waals surface area contributed by atoms with Crippen LogP contribution in [0.4, 0.5) is 0 Å². The highest BCUT2D eigenvalue weighted by molar-refractivity contribution is 5.32. The first-order chi connectivity index (χ1) is 10.6. The van der Waals surface area contributed by atoms with Gasteiger partial charge in [0, 0.05) is 13.0 Å². The zero-order valence-electron chi connectivity index (χ0n) is 13.6. The van der Waals surface area contributed by atoms with Crippen LogP contribution in [0.2, 0.25) is 0 Å². The van der Waals surface area contributed by atoms with Crippen LogP contribution in [0.1, 0.15) is 38.6 Å². The molecule has 1 heterocycles. The van der Waals surface area contributed by atoms with Gasteiger partial charge in [0.15, 0.2) is 5.82 Å². The Labute approximate surface area is 131 Å². The summed E-state index contributed by atoms with van der Waals surface area (Å²) in [6.45, 7) is 4.92. The van der Waals surface area contributed by atoms with Gasteiger partial charge in [0.2, 0.25) is 0 Å². The number of aliphatic hydroxyl groups is 1. The zero-order chi connectivity index (χ0) is 15.9. The zero-order valence-corrected chi connectivity index (χ0v) is 13.6. The topological polar surface area (TPSA) is 67.1 Å². The standard InChI is InChI=1S/C16H25N5O/c1-4-15(11-20(3)12-22)21-18-16(17-19-21)10-14-7-5-6-13(2)8-9-14/h6-9,15,22H,4-5,10-12H2,1-3H3/t15-/m0/s1. The summed E-state index contributed by atoms with van der Waals surface area (Å²) in [5, 5.41) is 22.0. The van der Waals surface area contributed by atoms with Crippen molar-refractivity contribution in [1.29, 1.82) is 0 Å². The highest BCUT2D eigenvalue weighted by Gasteiger charge is 2.15. The van der Waals surface area contributed by atoms with Crippen LogP contribution in [0, 0.1) is 0 Å². The second-order valence-electron chi connectivity index (χ2n) is 5.74. The molecule has 0 bridgehead atoms. The van der Waals surface area contributed by atoms with Crippen molar-refractivity contribution in [2.75, 3.05) is 20.3 Å². The number of rotatable bonds is 7. The summed E-state index contributed by atoms with van der Waals surface area (Å²) in [6.07, 6.45) is 11.2. The Morgan fingerprint density at radius 3 is 2.91 bits per heavy atom. The van der Waals surface area contributed by atoms with Crippen LogP contribution in [-0.4, -0.2) is 50.5 Å². The van der Waals surface area contributed by atoms with Gasteiger partial charge in [-0.3, -0.25) is 4.90 Å². The van der Waals surface area contributed by atoms with Crippen molar-refractivity contribution in [2.24, 2.45) is 0 Å². The molecule has 0 saturated heterocycles. The summed E-state index contributed by atoms with van der Waals surface area (Å²) >= 11 is 0. The third kappa shape index (κ3) is 4.61. The quantitative estimate of drug-likeness (QED) is 0.779. The van der Waals surface area contributed by atoms with Gasteiger partial charge in [-0.1, -0.05) is 36.8 Å². The van der Waals surface area contributed by atoms with Crippen LogP contribution in [0.3, 0.4) is 0 Å². The fourth-order valence-corrected chi connectivity index (χ4v) is 2.35. The van der Waals surface area contributed by atoms with E-state index in [4.69, 9.17) is 5.11 Å². The molecule has 0 saturated carbocycles. The molecule has 22 heavy (non-hydrogen) atoms. The van der Waals surface area contributed by atoms with Crippen molar-refractivity contribution in [3.63, 3.8) is 0 Å². The van der Waals surface area contributed by atoms with E-state index in [0.29, 0.717) is 13.0 Å². The molecule has 1 N–H and O–H groups in total. The maximum Gasteiger partial charge on any atom is 0.179 e. The molecule has 0 radical (unpaired) electrons. The van der Waals surface area contributed by atoms with Crippen LogP contribution in [0.5, 0.6) is 0 Å². The number of aliphatic hydroxyl groups excluding tert-OH is 1. The van der Waals surface area contributed by atoms with Crippen LogP contribution >= 0.6 is 0 Å². The largest absolute Gasteiger partial charge is 0.381 e. The van der Waals surface area contributed by atoms with E-state index in [2.05, 4.69) is 53.6 Å². The molecule has 0 aromatic carbocycles. The van der Waals surface area contributed by atoms with E-state index in [9.17, 15) is 0 Å². The summed E-state index contributed by atoms with van der Waals surface area (Å²) in [4.78, 5) is 3.51. The summed E-state index contributed by atoms with van der Waals surface area (Å²) in [6, 6.07) is 0.126. The summed E-state index contributed by atoms with van der Waals surface area (Å²) in [5.41, 5.74) is 2.49. The summed E-state index contributed by atoms with van der Waals surface area (Å²) in [7, 11) is 1.87. The van der Waals surface area contributed by atoms with Crippen LogP contribution in [-0.2, 0) is 6.42 Å². The Balaban J connectivity index is 2.01. The number of aromatic nitrogens is 4. The minimum absolute atomic E-state index is 0.0298. The molecule has 0 unspecified atom stereocenters. The molecule has 6 nitrogen and oxygen atoms in total. The SMILES string of the molecule is CC[C@@H](CN(C)CO)n1nnc(CC2=CCC=C(C)C=C2)n1. The smallest absolute Gasteiger partial charge is 0.179 e. The predicted octanol–water partition coefficient (Wildman–Crippen LogP) is 1.88. The molecule has 0 aliphatic heterocycles. The third-order valence-corrected chi connectivity index (χ3v) is 3.77. The lowest BCUT2D eigenvalue weighted by Crippen LogP contribution is -2.29. The van der Waals surface area contributed by atoms with Crippen LogP contribution in [0.15, 0.2) is 35.5 Å². The molecule has 1 atom stereocenters. The van der Waals surface area contributed by atoms with E-state index in [-0.39, 0.29) is 12.8 Å². The predicted molar refractivity (Wildman–Crippen MR) is 86.2 cm³/mol. The molecule has 1 aromatic heterocycles. The third-order valence-electron chi connectivity index (χ3n) is 3.77. The molecule has 1 aliphatic carbocycles. The first-order valence-corrected chi connectivity index (χ1v) is 7.74. The lowest BCUT2D eigenvalue weighted by Gasteiger charge is -2.19. The first kappa shape index (κ1) is 16.6. The van der Waals surface area contributed by atoms with Gasteiger partial charge in [-0.15, -0.1) is 10.2 Å². The fraction of sp³-hybridized carbons (Fsp3) is 0.562. The molecule has 0 fully saturated rings. The number of nitrogens with zero attached hydrogens (tertiary/aromatic N) is 5. The summed E-state index contributed by atoms with van der Waals surface area (Å²) in [5.74, 6) is 0.737. The van der Waals surface area contributed by atoms with E-state index >= 15 is 0 Å². The maximum absolute atomic E-state index is 9.14. The monoisotopic (exact) mass is 303 g/mol. The van der Waals surface area contributed by atoms with Crippen molar-refractivity contribution in [1.82, 2.24) is 25.1 Å². The van der Waals surface area contributed by atoms with Crippen molar-refractivity contribution in [2.45, 2.75) is 39.2 Å². The van der Waals surface area contributed by atoms with Gasteiger partial charge >= 0.3 is 0 Å². The number of allylic oxidation sites excluding steroid dienone is 6. The van der Waals surface area contributed by atoms with Gasteiger partial charge in [0.05, 0.1) is 12.8 Å². The van der Waals surface area contributed by atoms with Gasteiger partial charge in [0.25, 0.3) is 0 Å². The number of likely N-dealkylation sites (N-methyl/N-ethyl adjacent to an activating group) is 1. The van der Waals surface area contributed by atoms with E-state index in [1.807, 2.05) is 11.9 Å². The highest BCUT2D eigenvalue weighted by atomic mass is 16.3. The van der Waals surface area contributed by atoms with Gasteiger partial charge in [-0.2, -0.15) is 4.80 Å². The van der Waals surface area contributed by atoms with Crippen molar-refractivity contribution in [3.05, 3.63) is 41.3 Å².